The molecule has 3 aromatic carbocycles. The Kier molecular flexibility index (Phi) is 13.0. The molecule has 4 aromatic rings. The second-order valence-electron chi connectivity index (χ2n) is 13.5. The SMILES string of the molecule is CC(C)c1cccc(C(C)C)c1N1[C]N(c2cccc(N3[C]N(c4c(C(C)C)cccc4C(C)C)C=C3)n2)C=C1.[Cl][Ru]([Cl])=[CH]c1ccccc1. The summed E-state index contributed by atoms with van der Waals surface area (Å²) in [6, 6.07) is 29.2. The van der Waals surface area contributed by atoms with Gasteiger partial charge in [0, 0.05) is 24.8 Å². The zero-order valence-electron chi connectivity index (χ0n) is 30.1. The zero-order valence-corrected chi connectivity index (χ0v) is 33.4. The Balaban J connectivity index is 0.000000418. The third kappa shape index (κ3) is 9.07. The fourth-order valence-electron chi connectivity index (χ4n) is 6.01. The molecule has 0 spiro atoms. The monoisotopic (exact) mass is 793 g/mol. The summed E-state index contributed by atoms with van der Waals surface area (Å²) in [5.41, 5.74) is 8.83. The van der Waals surface area contributed by atoms with Gasteiger partial charge in [0.15, 0.2) is 0 Å². The number of benzene rings is 3. The fourth-order valence-corrected chi connectivity index (χ4v) is 7.83. The van der Waals surface area contributed by atoms with Crippen LogP contribution in [0.1, 0.15) is 107 Å². The molecule has 0 aliphatic carbocycles. The normalized spacial score (nSPS) is 14.4. The van der Waals surface area contributed by atoms with Crippen molar-refractivity contribution in [2.45, 2.75) is 79.1 Å². The molecule has 0 N–H and O–H groups in total. The van der Waals surface area contributed by atoms with Crippen molar-refractivity contribution in [3.8, 4) is 0 Å². The topological polar surface area (TPSA) is 25.9 Å². The van der Waals surface area contributed by atoms with Crippen LogP contribution in [0.5, 0.6) is 0 Å². The Morgan fingerprint density at radius 2 is 0.860 bits per heavy atom. The molecule has 2 aliphatic rings. The van der Waals surface area contributed by atoms with Crippen LogP contribution in [0.2, 0.25) is 0 Å². The van der Waals surface area contributed by atoms with Crippen molar-refractivity contribution in [2.75, 3.05) is 19.6 Å². The van der Waals surface area contributed by atoms with Crippen LogP contribution < -0.4 is 19.6 Å². The third-order valence-corrected chi connectivity index (χ3v) is 10.4. The number of hydrogen-bond acceptors (Lipinski definition) is 5. The summed E-state index contributed by atoms with van der Waals surface area (Å²) in [7, 11) is 11.3. The van der Waals surface area contributed by atoms with Crippen LogP contribution in [-0.4, -0.2) is 9.59 Å². The second-order valence-corrected chi connectivity index (χ2v) is 19.3. The van der Waals surface area contributed by atoms with E-state index in [9.17, 15) is 0 Å². The van der Waals surface area contributed by atoms with Gasteiger partial charge in [-0.3, -0.25) is 9.80 Å². The number of halogens is 2. The molecular formula is C42H47Cl2N5Ru. The van der Waals surface area contributed by atoms with Gasteiger partial charge >= 0.3 is 73.4 Å². The molecule has 0 fully saturated rings. The van der Waals surface area contributed by atoms with Crippen molar-refractivity contribution in [1.29, 1.82) is 0 Å². The van der Waals surface area contributed by atoms with Crippen molar-refractivity contribution >= 4 is 47.0 Å². The number of para-hydroxylation sites is 2. The Hall–Kier alpha value is -3.44. The van der Waals surface area contributed by atoms with E-state index in [0.29, 0.717) is 23.7 Å². The molecule has 6 rings (SSSR count). The molecule has 0 saturated carbocycles. The van der Waals surface area contributed by atoms with E-state index in [0.717, 1.165) is 17.2 Å². The van der Waals surface area contributed by atoms with Crippen molar-refractivity contribution in [2.24, 2.45) is 0 Å². The van der Waals surface area contributed by atoms with Crippen LogP contribution in [0.25, 0.3) is 0 Å². The van der Waals surface area contributed by atoms with Crippen LogP contribution in [-0.2, 0) is 13.5 Å². The summed E-state index contributed by atoms with van der Waals surface area (Å²) < 4.78 is 1.92. The number of anilines is 4. The van der Waals surface area contributed by atoms with Gasteiger partial charge < -0.3 is 9.80 Å². The maximum atomic E-state index is 5.67. The number of pyridine rings is 1. The predicted octanol–water partition coefficient (Wildman–Crippen LogP) is 11.9. The maximum absolute atomic E-state index is 5.67. The van der Waals surface area contributed by atoms with E-state index < -0.39 is 13.5 Å². The number of aromatic nitrogens is 1. The standard InChI is InChI=1S/C35H41N5.C7H6.2ClH.Ru/c1-24(2)28-12-9-13-29(25(3)4)34(28)39-20-18-37(22-39)32-16-11-17-33(36-32)38-19-21-40(23-38)35-30(26(5)6)14-10-15-31(35)27(7)8;1-7-5-3-2-4-6-7;;;/h9-21,24-27H,1-8H3;1-6H;2*1H;/q;;;;+2/p-2. The van der Waals surface area contributed by atoms with Gasteiger partial charge in [-0.1, -0.05) is 97.9 Å². The van der Waals surface area contributed by atoms with E-state index >= 15 is 0 Å². The van der Waals surface area contributed by atoms with Crippen LogP contribution in [0.3, 0.4) is 0 Å². The van der Waals surface area contributed by atoms with Crippen LogP contribution in [0, 0.1) is 13.3 Å². The van der Waals surface area contributed by atoms with Gasteiger partial charge in [0.2, 0.25) is 13.3 Å². The molecule has 5 nitrogen and oxygen atoms in total. The molecule has 1 aromatic heterocycles. The van der Waals surface area contributed by atoms with Crippen LogP contribution >= 0.6 is 19.4 Å². The molecule has 50 heavy (non-hydrogen) atoms. The van der Waals surface area contributed by atoms with E-state index in [1.807, 2.05) is 75.3 Å². The zero-order chi connectivity index (χ0) is 35.9. The minimum atomic E-state index is -1.61. The molecule has 0 bridgehead atoms. The van der Waals surface area contributed by atoms with Crippen molar-refractivity contribution in [3.63, 3.8) is 0 Å². The first-order valence-electron chi connectivity index (χ1n) is 17.1. The summed E-state index contributed by atoms with van der Waals surface area (Å²) >= 11 is -1.61. The molecule has 0 saturated heterocycles. The van der Waals surface area contributed by atoms with Gasteiger partial charge in [0.1, 0.15) is 11.6 Å². The molecule has 0 atom stereocenters. The van der Waals surface area contributed by atoms with Gasteiger partial charge in [-0.25, -0.2) is 4.98 Å². The Bertz CT molecular complexity index is 1670. The van der Waals surface area contributed by atoms with Gasteiger partial charge in [-0.15, -0.1) is 0 Å². The Morgan fingerprint density at radius 3 is 1.22 bits per heavy atom. The van der Waals surface area contributed by atoms with Gasteiger partial charge in [0.25, 0.3) is 0 Å². The summed E-state index contributed by atoms with van der Waals surface area (Å²) in [5, 5.41) is 0. The summed E-state index contributed by atoms with van der Waals surface area (Å²) in [6.45, 7) is 25.0. The van der Waals surface area contributed by atoms with Crippen molar-refractivity contribution in [3.05, 3.63) is 151 Å². The first-order valence-corrected chi connectivity index (χ1v) is 22.6. The van der Waals surface area contributed by atoms with E-state index in [1.54, 1.807) is 0 Å². The first-order chi connectivity index (χ1) is 23.9. The van der Waals surface area contributed by atoms with Crippen molar-refractivity contribution < 1.29 is 13.5 Å². The average molecular weight is 794 g/mol. The molecule has 3 heterocycles. The number of nitrogens with zero attached hydrogens (tertiary/aromatic N) is 5. The molecule has 0 unspecified atom stereocenters. The molecule has 8 heteroatoms. The van der Waals surface area contributed by atoms with E-state index in [-0.39, 0.29) is 0 Å². The van der Waals surface area contributed by atoms with Gasteiger partial charge in [-0.2, -0.15) is 0 Å². The quantitative estimate of drug-likeness (QED) is 0.157. The Labute approximate surface area is 313 Å². The second kappa shape index (κ2) is 17.2. The molecule has 262 valence electrons. The third-order valence-electron chi connectivity index (χ3n) is 8.54. The minimum absolute atomic E-state index is 0.410. The van der Waals surface area contributed by atoms with Gasteiger partial charge in [-0.05, 0) is 58.1 Å². The van der Waals surface area contributed by atoms with Crippen LogP contribution in [0.15, 0.2) is 110 Å². The first kappa shape index (κ1) is 37.8. The number of rotatable bonds is 9. The average Bonchev–Trinajstić information content (AvgIpc) is 3.79. The fraction of sp³-hybridized carbons (Fsp3) is 0.286. The summed E-state index contributed by atoms with van der Waals surface area (Å²) in [6.07, 6.45) is 8.21. The summed E-state index contributed by atoms with van der Waals surface area (Å²) in [5.74, 6) is 3.26. The number of hydrogen-bond donors (Lipinski definition) is 0. The summed E-state index contributed by atoms with van der Waals surface area (Å²) in [4.78, 5) is 13.2. The van der Waals surface area contributed by atoms with Crippen LogP contribution in [0.4, 0.5) is 23.0 Å². The molecule has 0 amide bonds. The molecule has 2 aliphatic heterocycles. The predicted molar refractivity (Wildman–Crippen MR) is 211 cm³/mol. The Morgan fingerprint density at radius 1 is 0.500 bits per heavy atom. The molecular weight excluding hydrogens is 746 g/mol. The van der Waals surface area contributed by atoms with Crippen molar-refractivity contribution in [1.82, 2.24) is 4.98 Å². The van der Waals surface area contributed by atoms with E-state index in [2.05, 4.69) is 127 Å². The van der Waals surface area contributed by atoms with Gasteiger partial charge in [0.05, 0.1) is 11.4 Å². The molecule has 4 radical (unpaired) electrons. The van der Waals surface area contributed by atoms with E-state index in [1.165, 1.54) is 33.6 Å². The van der Waals surface area contributed by atoms with E-state index in [4.69, 9.17) is 24.4 Å².